The van der Waals surface area contributed by atoms with E-state index in [1.807, 2.05) is 6.26 Å². The van der Waals surface area contributed by atoms with E-state index in [9.17, 15) is 4.55 Å². The molecule has 0 saturated carbocycles. The smallest absolute Gasteiger partial charge is 0.119 e. The maximum Gasteiger partial charge on any atom is 0.119 e. The summed E-state index contributed by atoms with van der Waals surface area (Å²) in [4.78, 5) is 0. The van der Waals surface area contributed by atoms with Crippen molar-refractivity contribution < 1.29 is 4.55 Å². The molecule has 0 aromatic heterocycles. The van der Waals surface area contributed by atoms with Crippen LogP contribution in [-0.4, -0.2) is 22.3 Å². The van der Waals surface area contributed by atoms with Gasteiger partial charge in [0, 0.05) is 5.75 Å². The minimum absolute atomic E-state index is 0.741. The molecule has 0 heterocycles. The van der Waals surface area contributed by atoms with E-state index in [1.54, 1.807) is 11.8 Å². The van der Waals surface area contributed by atoms with Crippen molar-refractivity contribution in [2.75, 3.05) is 17.8 Å². The SMILES string of the molecule is C=C[S+]([O-])CCSC. The van der Waals surface area contributed by atoms with Crippen LogP contribution >= 0.6 is 11.8 Å². The van der Waals surface area contributed by atoms with Crippen molar-refractivity contribution in [1.82, 2.24) is 0 Å². The largest absolute Gasteiger partial charge is 0.612 e. The number of hydrogen-bond donors (Lipinski definition) is 0. The van der Waals surface area contributed by atoms with E-state index >= 15 is 0 Å². The Bertz CT molecular complexity index is 65.4. The monoisotopic (exact) mass is 150 g/mol. The van der Waals surface area contributed by atoms with Crippen LogP contribution in [-0.2, 0) is 11.2 Å². The van der Waals surface area contributed by atoms with Crippen LogP contribution in [0.4, 0.5) is 0 Å². The first kappa shape index (κ1) is 8.40. The average Bonchev–Trinajstić information content (AvgIpc) is 1.83. The molecule has 0 bridgehead atoms. The molecule has 0 radical (unpaired) electrons. The number of hydrogen-bond acceptors (Lipinski definition) is 2. The van der Waals surface area contributed by atoms with Gasteiger partial charge in [0.05, 0.1) is 0 Å². The van der Waals surface area contributed by atoms with E-state index in [0.717, 1.165) is 11.5 Å². The molecule has 0 amide bonds. The molecule has 0 N–H and O–H groups in total. The van der Waals surface area contributed by atoms with Crippen LogP contribution < -0.4 is 0 Å². The molecule has 3 heteroatoms. The van der Waals surface area contributed by atoms with Crippen LogP contribution in [0.5, 0.6) is 0 Å². The summed E-state index contributed by atoms with van der Waals surface area (Å²) in [6, 6.07) is 0. The average molecular weight is 150 g/mol. The van der Waals surface area contributed by atoms with Gasteiger partial charge in [-0.3, -0.25) is 0 Å². The zero-order valence-corrected chi connectivity index (χ0v) is 6.56. The molecule has 1 unspecified atom stereocenters. The zero-order chi connectivity index (χ0) is 6.41. The summed E-state index contributed by atoms with van der Waals surface area (Å²) in [5.74, 6) is 1.70. The van der Waals surface area contributed by atoms with Gasteiger partial charge in [-0.25, -0.2) is 0 Å². The van der Waals surface area contributed by atoms with Gasteiger partial charge in [-0.05, 0) is 17.4 Å². The van der Waals surface area contributed by atoms with Gasteiger partial charge in [-0.15, -0.1) is 0 Å². The van der Waals surface area contributed by atoms with Gasteiger partial charge in [-0.1, -0.05) is 6.58 Å². The summed E-state index contributed by atoms with van der Waals surface area (Å²) in [6.45, 7) is 3.40. The first-order valence-electron chi connectivity index (χ1n) is 2.30. The molecule has 1 nitrogen and oxygen atoms in total. The van der Waals surface area contributed by atoms with E-state index in [-0.39, 0.29) is 0 Å². The first-order valence-corrected chi connectivity index (χ1v) is 5.07. The molecule has 0 aromatic rings. The second-order valence-electron chi connectivity index (χ2n) is 1.24. The van der Waals surface area contributed by atoms with Crippen molar-refractivity contribution in [2.24, 2.45) is 0 Å². The van der Waals surface area contributed by atoms with Crippen molar-refractivity contribution in [3.8, 4) is 0 Å². The minimum atomic E-state index is -0.784. The summed E-state index contributed by atoms with van der Waals surface area (Å²) in [7, 11) is 0. The van der Waals surface area contributed by atoms with E-state index in [4.69, 9.17) is 0 Å². The van der Waals surface area contributed by atoms with Gasteiger partial charge in [0.2, 0.25) is 0 Å². The number of thioether (sulfide) groups is 1. The van der Waals surface area contributed by atoms with Crippen LogP contribution in [0.15, 0.2) is 12.0 Å². The molecule has 0 spiro atoms. The van der Waals surface area contributed by atoms with E-state index in [0.29, 0.717) is 0 Å². The van der Waals surface area contributed by atoms with Crippen molar-refractivity contribution in [3.05, 3.63) is 12.0 Å². The Morgan fingerprint density at radius 2 is 2.50 bits per heavy atom. The predicted molar refractivity (Wildman–Crippen MR) is 41.6 cm³/mol. The second-order valence-corrected chi connectivity index (χ2v) is 3.73. The van der Waals surface area contributed by atoms with Crippen LogP contribution in [0, 0.1) is 0 Å². The van der Waals surface area contributed by atoms with Gasteiger partial charge < -0.3 is 4.55 Å². The topological polar surface area (TPSA) is 23.1 Å². The number of rotatable bonds is 4. The van der Waals surface area contributed by atoms with Gasteiger partial charge in [0.25, 0.3) is 0 Å². The highest BCUT2D eigenvalue weighted by Crippen LogP contribution is 1.96. The Morgan fingerprint density at radius 1 is 1.88 bits per heavy atom. The second kappa shape index (κ2) is 5.54. The molecule has 0 aliphatic carbocycles. The van der Waals surface area contributed by atoms with Crippen LogP contribution in [0.2, 0.25) is 0 Å². The lowest BCUT2D eigenvalue weighted by Gasteiger charge is -2.01. The van der Waals surface area contributed by atoms with Gasteiger partial charge in [-0.2, -0.15) is 11.8 Å². The molecule has 48 valence electrons. The zero-order valence-electron chi connectivity index (χ0n) is 4.92. The van der Waals surface area contributed by atoms with Gasteiger partial charge >= 0.3 is 0 Å². The Hall–Kier alpha value is 0.400. The first-order chi connectivity index (χ1) is 3.81. The lowest BCUT2D eigenvalue weighted by Crippen LogP contribution is -2.03. The fraction of sp³-hybridized carbons (Fsp3) is 0.600. The van der Waals surface area contributed by atoms with E-state index in [2.05, 4.69) is 6.58 Å². The molecular weight excluding hydrogens is 140 g/mol. The summed E-state index contributed by atoms with van der Waals surface area (Å²) < 4.78 is 10.6. The molecule has 0 saturated heterocycles. The van der Waals surface area contributed by atoms with Crippen molar-refractivity contribution in [1.29, 1.82) is 0 Å². The van der Waals surface area contributed by atoms with Crippen LogP contribution in [0.3, 0.4) is 0 Å². The molecular formula is C5H10OS2. The predicted octanol–water partition coefficient (Wildman–Crippen LogP) is 1.24. The fourth-order valence-corrected chi connectivity index (χ4v) is 1.74. The quantitative estimate of drug-likeness (QED) is 0.563. The Balaban J connectivity index is 2.98. The Morgan fingerprint density at radius 3 is 2.88 bits per heavy atom. The standard InChI is InChI=1S/C5H10OS2/c1-3-8(6)5-4-7-2/h3H,1,4-5H2,2H3. The highest BCUT2D eigenvalue weighted by atomic mass is 32.2. The lowest BCUT2D eigenvalue weighted by molar-refractivity contribution is 0.605. The third-order valence-electron chi connectivity index (χ3n) is 0.675. The highest BCUT2D eigenvalue weighted by molar-refractivity contribution is 8.00. The third-order valence-corrected chi connectivity index (χ3v) is 2.52. The van der Waals surface area contributed by atoms with Crippen LogP contribution in [0.25, 0.3) is 0 Å². The van der Waals surface area contributed by atoms with Crippen molar-refractivity contribution in [2.45, 2.75) is 0 Å². The maximum absolute atomic E-state index is 10.6. The van der Waals surface area contributed by atoms with Crippen LogP contribution in [0.1, 0.15) is 0 Å². The molecule has 8 heavy (non-hydrogen) atoms. The molecule has 1 atom stereocenters. The fourth-order valence-electron chi connectivity index (χ4n) is 0.249. The Kier molecular flexibility index (Phi) is 5.81. The molecule has 0 aliphatic heterocycles. The summed E-state index contributed by atoms with van der Waals surface area (Å²) >= 11 is 0.921. The van der Waals surface area contributed by atoms with Crippen molar-refractivity contribution in [3.63, 3.8) is 0 Å². The molecule has 0 aliphatic rings. The maximum atomic E-state index is 10.6. The third kappa shape index (κ3) is 4.56. The summed E-state index contributed by atoms with van der Waals surface area (Å²) in [5.41, 5.74) is 0. The summed E-state index contributed by atoms with van der Waals surface area (Å²) in [6.07, 6.45) is 2.00. The van der Waals surface area contributed by atoms with Gasteiger partial charge in [0.15, 0.2) is 0 Å². The Labute approximate surface area is 57.7 Å². The normalized spacial score (nSPS) is 13.2. The minimum Gasteiger partial charge on any atom is -0.612 e. The van der Waals surface area contributed by atoms with Gasteiger partial charge in [0.1, 0.15) is 11.2 Å². The lowest BCUT2D eigenvalue weighted by atomic mass is 11.0. The molecule has 0 aromatic carbocycles. The molecule has 0 rings (SSSR count). The van der Waals surface area contributed by atoms with E-state index < -0.39 is 11.2 Å². The molecule has 0 fully saturated rings. The van der Waals surface area contributed by atoms with E-state index in [1.165, 1.54) is 5.41 Å². The highest BCUT2D eigenvalue weighted by Gasteiger charge is 1.95. The van der Waals surface area contributed by atoms with Crippen molar-refractivity contribution >= 4 is 22.9 Å². The summed E-state index contributed by atoms with van der Waals surface area (Å²) in [5, 5.41) is 1.48.